The number of benzene rings is 1. The van der Waals surface area contributed by atoms with Crippen LogP contribution in [0.4, 0.5) is 5.69 Å². The summed E-state index contributed by atoms with van der Waals surface area (Å²) >= 11 is 6.15. The number of fused-ring (bicyclic) bond motifs is 1. The van der Waals surface area contributed by atoms with Crippen LogP contribution in [0.2, 0.25) is 5.02 Å². The lowest BCUT2D eigenvalue weighted by Gasteiger charge is -2.30. The third kappa shape index (κ3) is 1.61. The molecule has 1 nitrogen and oxygen atoms in total. The van der Waals surface area contributed by atoms with Gasteiger partial charge in [0.2, 0.25) is 0 Å². The van der Waals surface area contributed by atoms with E-state index in [1.54, 1.807) is 0 Å². The van der Waals surface area contributed by atoms with Crippen molar-refractivity contribution in [3.63, 3.8) is 0 Å². The van der Waals surface area contributed by atoms with Gasteiger partial charge in [0.1, 0.15) is 0 Å². The van der Waals surface area contributed by atoms with E-state index in [1.807, 2.05) is 12.1 Å². The lowest BCUT2D eigenvalue weighted by Crippen LogP contribution is -2.20. The summed E-state index contributed by atoms with van der Waals surface area (Å²) in [5.41, 5.74) is 2.54. The number of para-hydroxylation sites is 1. The third-order valence-corrected chi connectivity index (χ3v) is 3.32. The fourth-order valence-electron chi connectivity index (χ4n) is 2.24. The van der Waals surface area contributed by atoms with E-state index in [2.05, 4.69) is 25.2 Å². The van der Waals surface area contributed by atoms with E-state index in [1.165, 1.54) is 12.0 Å². The molecule has 1 aromatic rings. The van der Waals surface area contributed by atoms with Gasteiger partial charge in [0.25, 0.3) is 0 Å². The van der Waals surface area contributed by atoms with Crippen LogP contribution in [-0.4, -0.2) is 6.54 Å². The predicted octanol–water partition coefficient (Wildman–Crippen LogP) is 3.90. The van der Waals surface area contributed by atoms with Crippen molar-refractivity contribution in [3.05, 3.63) is 28.8 Å². The molecule has 0 aromatic heterocycles. The fraction of sp³-hybridized carbons (Fsp3) is 0.500. The highest BCUT2D eigenvalue weighted by molar-refractivity contribution is 6.33. The average molecular weight is 210 g/mol. The van der Waals surface area contributed by atoms with Crippen LogP contribution < -0.4 is 5.32 Å². The quantitative estimate of drug-likeness (QED) is 0.740. The number of hydrogen-bond acceptors (Lipinski definition) is 1. The molecule has 0 bridgehead atoms. The topological polar surface area (TPSA) is 12.0 Å². The number of nitrogens with one attached hydrogen (secondary N) is 1. The summed E-state index contributed by atoms with van der Waals surface area (Å²) in [4.78, 5) is 0. The average Bonchev–Trinajstić information content (AvgIpc) is 2.17. The van der Waals surface area contributed by atoms with Crippen LogP contribution in [0.5, 0.6) is 0 Å². The van der Waals surface area contributed by atoms with Gasteiger partial charge in [0.05, 0.1) is 10.7 Å². The Labute approximate surface area is 90.5 Å². The summed E-state index contributed by atoms with van der Waals surface area (Å²) in [6.07, 6.45) is 1.21. The Morgan fingerprint density at radius 3 is 2.93 bits per heavy atom. The zero-order valence-electron chi connectivity index (χ0n) is 8.68. The summed E-state index contributed by atoms with van der Waals surface area (Å²) < 4.78 is 0. The van der Waals surface area contributed by atoms with Gasteiger partial charge in [-0.3, -0.25) is 0 Å². The van der Waals surface area contributed by atoms with Crippen molar-refractivity contribution in [2.24, 2.45) is 5.92 Å². The number of rotatable bonds is 1. The molecule has 0 aliphatic carbocycles. The molecule has 1 atom stereocenters. The molecule has 1 unspecified atom stereocenters. The van der Waals surface area contributed by atoms with Crippen molar-refractivity contribution in [1.82, 2.24) is 0 Å². The van der Waals surface area contributed by atoms with Crippen LogP contribution in [0.25, 0.3) is 0 Å². The molecule has 76 valence electrons. The highest BCUT2D eigenvalue weighted by Crippen LogP contribution is 2.39. The van der Waals surface area contributed by atoms with Crippen LogP contribution in [0.3, 0.4) is 0 Å². The third-order valence-electron chi connectivity index (χ3n) is 3.01. The van der Waals surface area contributed by atoms with Crippen LogP contribution in [0.15, 0.2) is 18.2 Å². The first-order valence-electron chi connectivity index (χ1n) is 5.22. The first-order chi connectivity index (χ1) is 6.70. The first kappa shape index (κ1) is 9.85. The predicted molar refractivity (Wildman–Crippen MR) is 62.1 cm³/mol. The standard InChI is InChI=1S/C12H16ClN/c1-8(2)9-6-7-14-12-10(9)4-3-5-11(12)13/h3-5,8-9,14H,6-7H2,1-2H3. The molecule has 0 spiro atoms. The summed E-state index contributed by atoms with van der Waals surface area (Å²) in [6, 6.07) is 6.19. The Hall–Kier alpha value is -0.690. The molecule has 1 heterocycles. The van der Waals surface area contributed by atoms with Gasteiger partial charge in [-0.05, 0) is 29.9 Å². The van der Waals surface area contributed by atoms with Gasteiger partial charge >= 0.3 is 0 Å². The van der Waals surface area contributed by atoms with Gasteiger partial charge < -0.3 is 5.32 Å². The summed E-state index contributed by atoms with van der Waals surface area (Å²) in [6.45, 7) is 5.60. The smallest absolute Gasteiger partial charge is 0.0640 e. The Balaban J connectivity index is 2.44. The lowest BCUT2D eigenvalue weighted by molar-refractivity contribution is 0.469. The van der Waals surface area contributed by atoms with Gasteiger partial charge in [-0.15, -0.1) is 0 Å². The Morgan fingerprint density at radius 1 is 1.43 bits per heavy atom. The Bertz CT molecular complexity index is 333. The largest absolute Gasteiger partial charge is 0.384 e. The van der Waals surface area contributed by atoms with E-state index < -0.39 is 0 Å². The molecule has 0 fully saturated rings. The minimum absolute atomic E-state index is 0.657. The van der Waals surface area contributed by atoms with Crippen LogP contribution in [-0.2, 0) is 0 Å². The zero-order valence-corrected chi connectivity index (χ0v) is 9.43. The molecule has 1 N–H and O–H groups in total. The van der Waals surface area contributed by atoms with Crippen molar-refractivity contribution in [2.45, 2.75) is 26.2 Å². The van der Waals surface area contributed by atoms with Crippen molar-refractivity contribution in [2.75, 3.05) is 11.9 Å². The Morgan fingerprint density at radius 2 is 2.21 bits per heavy atom. The van der Waals surface area contributed by atoms with Gasteiger partial charge in [0.15, 0.2) is 0 Å². The maximum Gasteiger partial charge on any atom is 0.0640 e. The second-order valence-electron chi connectivity index (χ2n) is 4.27. The molecular formula is C12H16ClN. The fourth-order valence-corrected chi connectivity index (χ4v) is 2.49. The minimum Gasteiger partial charge on any atom is -0.384 e. The van der Waals surface area contributed by atoms with E-state index in [4.69, 9.17) is 11.6 Å². The van der Waals surface area contributed by atoms with Crippen molar-refractivity contribution in [3.8, 4) is 0 Å². The number of anilines is 1. The molecule has 0 saturated heterocycles. The van der Waals surface area contributed by atoms with Gasteiger partial charge in [-0.2, -0.15) is 0 Å². The first-order valence-corrected chi connectivity index (χ1v) is 5.60. The van der Waals surface area contributed by atoms with Crippen LogP contribution in [0.1, 0.15) is 31.7 Å². The monoisotopic (exact) mass is 209 g/mol. The number of halogens is 1. The highest BCUT2D eigenvalue weighted by Gasteiger charge is 2.23. The SMILES string of the molecule is CC(C)C1CCNc2c(Cl)cccc21. The van der Waals surface area contributed by atoms with Crippen molar-refractivity contribution < 1.29 is 0 Å². The molecule has 1 aromatic carbocycles. The van der Waals surface area contributed by atoms with Gasteiger partial charge in [0, 0.05) is 6.54 Å². The summed E-state index contributed by atoms with van der Waals surface area (Å²) in [5.74, 6) is 1.35. The second-order valence-corrected chi connectivity index (χ2v) is 4.68. The highest BCUT2D eigenvalue weighted by atomic mass is 35.5. The minimum atomic E-state index is 0.657. The molecular weight excluding hydrogens is 194 g/mol. The van der Waals surface area contributed by atoms with Crippen LogP contribution in [0, 0.1) is 5.92 Å². The maximum atomic E-state index is 6.15. The maximum absolute atomic E-state index is 6.15. The van der Waals surface area contributed by atoms with E-state index in [0.717, 1.165) is 17.3 Å². The van der Waals surface area contributed by atoms with E-state index in [-0.39, 0.29) is 0 Å². The number of hydrogen-bond donors (Lipinski definition) is 1. The Kier molecular flexibility index (Phi) is 2.69. The van der Waals surface area contributed by atoms with E-state index in [9.17, 15) is 0 Å². The lowest BCUT2D eigenvalue weighted by atomic mass is 9.83. The summed E-state index contributed by atoms with van der Waals surface area (Å²) in [5, 5.41) is 4.24. The zero-order chi connectivity index (χ0) is 10.1. The van der Waals surface area contributed by atoms with Crippen molar-refractivity contribution >= 4 is 17.3 Å². The van der Waals surface area contributed by atoms with Crippen molar-refractivity contribution in [1.29, 1.82) is 0 Å². The van der Waals surface area contributed by atoms with Gasteiger partial charge in [-0.1, -0.05) is 37.6 Å². The summed E-state index contributed by atoms with van der Waals surface area (Å²) in [7, 11) is 0. The molecule has 1 aliphatic heterocycles. The van der Waals surface area contributed by atoms with Crippen LogP contribution >= 0.6 is 11.6 Å². The second kappa shape index (κ2) is 3.82. The molecule has 2 heteroatoms. The molecule has 1 aliphatic rings. The van der Waals surface area contributed by atoms with Gasteiger partial charge in [-0.25, -0.2) is 0 Å². The molecule has 2 rings (SSSR count). The molecule has 0 radical (unpaired) electrons. The van der Waals surface area contributed by atoms with E-state index >= 15 is 0 Å². The van der Waals surface area contributed by atoms with E-state index in [0.29, 0.717) is 11.8 Å². The normalized spacial score (nSPS) is 20.4. The molecule has 14 heavy (non-hydrogen) atoms. The molecule has 0 saturated carbocycles. The molecule has 0 amide bonds.